The first-order valence-corrected chi connectivity index (χ1v) is 9.55. The maximum atomic E-state index is 5.99. The lowest BCUT2D eigenvalue weighted by molar-refractivity contribution is -0.0679. The molecule has 1 aliphatic carbocycles. The van der Waals surface area contributed by atoms with Crippen molar-refractivity contribution >= 4 is 0 Å². The van der Waals surface area contributed by atoms with E-state index in [0.29, 0.717) is 12.5 Å². The third kappa shape index (κ3) is 3.00. The summed E-state index contributed by atoms with van der Waals surface area (Å²) in [5.41, 5.74) is 2.23. The third-order valence-electron chi connectivity index (χ3n) is 5.99. The van der Waals surface area contributed by atoms with Gasteiger partial charge in [0.15, 0.2) is 5.76 Å². The summed E-state index contributed by atoms with van der Waals surface area (Å²) in [6.07, 6.45) is 9.60. The molecule has 0 radical (unpaired) electrons. The van der Waals surface area contributed by atoms with Gasteiger partial charge in [-0.25, -0.2) is 4.68 Å². The van der Waals surface area contributed by atoms with E-state index in [0.717, 1.165) is 43.2 Å². The SMILES string of the molecule is c1c(C2CCCCC2)noc1CN1CC[C@@H]2OCc3cnnn3[C@@H]2C1. The molecule has 0 unspecified atom stereocenters. The molecule has 3 aliphatic rings. The fourth-order valence-corrected chi connectivity index (χ4v) is 4.60. The number of piperidine rings is 1. The molecule has 4 heterocycles. The Hall–Kier alpha value is -1.73. The summed E-state index contributed by atoms with van der Waals surface area (Å²) in [7, 11) is 0. The molecular weight excluding hydrogens is 318 g/mol. The van der Waals surface area contributed by atoms with Crippen LogP contribution in [-0.4, -0.2) is 44.2 Å². The molecular formula is C18H25N5O2. The second kappa shape index (κ2) is 6.53. The summed E-state index contributed by atoms with van der Waals surface area (Å²) in [6, 6.07) is 2.43. The number of likely N-dealkylation sites (tertiary alicyclic amines) is 1. The summed E-state index contributed by atoms with van der Waals surface area (Å²) >= 11 is 0. The molecule has 7 nitrogen and oxygen atoms in total. The number of hydrogen-bond acceptors (Lipinski definition) is 6. The minimum atomic E-state index is 0.248. The van der Waals surface area contributed by atoms with Crippen LogP contribution in [0.1, 0.15) is 67.6 Å². The molecule has 0 amide bonds. The average Bonchev–Trinajstić information content (AvgIpc) is 3.32. The van der Waals surface area contributed by atoms with Crippen molar-refractivity contribution in [1.82, 2.24) is 25.1 Å². The van der Waals surface area contributed by atoms with E-state index in [2.05, 4.69) is 26.4 Å². The zero-order valence-electron chi connectivity index (χ0n) is 14.5. The van der Waals surface area contributed by atoms with E-state index < -0.39 is 0 Å². The normalized spacial score (nSPS) is 27.8. The van der Waals surface area contributed by atoms with Crippen molar-refractivity contribution < 1.29 is 9.26 Å². The molecule has 5 rings (SSSR count). The van der Waals surface area contributed by atoms with Gasteiger partial charge >= 0.3 is 0 Å². The molecule has 0 spiro atoms. The standard InChI is InChI=1S/C18H25N5O2/c1-2-4-13(5-3-1)16-8-15(25-20-16)10-22-7-6-18-17(11-22)23-14(12-24-18)9-19-21-23/h8-9,13,17-18H,1-7,10-12H2/t17-,18+/m1/s1. The van der Waals surface area contributed by atoms with Gasteiger partial charge in [-0.2, -0.15) is 0 Å². The molecule has 2 atom stereocenters. The summed E-state index contributed by atoms with van der Waals surface area (Å²) in [5, 5.41) is 12.7. The summed E-state index contributed by atoms with van der Waals surface area (Å²) in [4.78, 5) is 2.42. The van der Waals surface area contributed by atoms with Gasteiger partial charge in [-0.1, -0.05) is 29.6 Å². The highest BCUT2D eigenvalue weighted by molar-refractivity contribution is 5.11. The van der Waals surface area contributed by atoms with Gasteiger partial charge < -0.3 is 9.26 Å². The molecule has 0 aromatic carbocycles. The van der Waals surface area contributed by atoms with Crippen LogP contribution in [0.2, 0.25) is 0 Å². The lowest BCUT2D eigenvalue weighted by Crippen LogP contribution is -2.47. The number of aromatic nitrogens is 4. The molecule has 0 bridgehead atoms. The lowest BCUT2D eigenvalue weighted by Gasteiger charge is -2.40. The number of ether oxygens (including phenoxy) is 1. The number of hydrogen-bond donors (Lipinski definition) is 0. The molecule has 7 heteroatoms. The van der Waals surface area contributed by atoms with Crippen LogP contribution in [0.3, 0.4) is 0 Å². The van der Waals surface area contributed by atoms with Crippen molar-refractivity contribution in [2.75, 3.05) is 13.1 Å². The maximum Gasteiger partial charge on any atom is 0.150 e. The molecule has 0 N–H and O–H groups in total. The van der Waals surface area contributed by atoms with Crippen molar-refractivity contribution in [3.63, 3.8) is 0 Å². The largest absolute Gasteiger partial charge is 0.370 e. The average molecular weight is 343 g/mol. The predicted molar refractivity (Wildman–Crippen MR) is 89.9 cm³/mol. The first-order valence-electron chi connectivity index (χ1n) is 9.55. The van der Waals surface area contributed by atoms with Crippen molar-refractivity contribution in [2.24, 2.45) is 0 Å². The molecule has 2 aromatic heterocycles. The van der Waals surface area contributed by atoms with Crippen molar-refractivity contribution in [3.05, 3.63) is 29.4 Å². The second-order valence-electron chi connectivity index (χ2n) is 7.66. The minimum Gasteiger partial charge on any atom is -0.370 e. The van der Waals surface area contributed by atoms with Gasteiger partial charge in [-0.3, -0.25) is 4.90 Å². The van der Waals surface area contributed by atoms with Gasteiger partial charge in [0.25, 0.3) is 0 Å². The van der Waals surface area contributed by atoms with Crippen molar-refractivity contribution in [1.29, 1.82) is 0 Å². The van der Waals surface area contributed by atoms with Crippen LogP contribution >= 0.6 is 0 Å². The monoisotopic (exact) mass is 343 g/mol. The van der Waals surface area contributed by atoms with Crippen LogP contribution in [-0.2, 0) is 17.9 Å². The highest BCUT2D eigenvalue weighted by atomic mass is 16.5. The summed E-state index contributed by atoms with van der Waals surface area (Å²) < 4.78 is 13.7. The maximum absolute atomic E-state index is 5.99. The minimum absolute atomic E-state index is 0.248. The number of fused-ring (bicyclic) bond motifs is 3. The van der Waals surface area contributed by atoms with Gasteiger partial charge in [-0.05, 0) is 19.3 Å². The van der Waals surface area contributed by atoms with Crippen LogP contribution in [0.4, 0.5) is 0 Å². The molecule has 1 saturated heterocycles. The van der Waals surface area contributed by atoms with E-state index in [-0.39, 0.29) is 12.1 Å². The van der Waals surface area contributed by atoms with E-state index in [4.69, 9.17) is 9.26 Å². The molecule has 2 aliphatic heterocycles. The van der Waals surface area contributed by atoms with Crippen LogP contribution in [0.5, 0.6) is 0 Å². The highest BCUT2D eigenvalue weighted by Gasteiger charge is 2.36. The first-order chi connectivity index (χ1) is 12.4. The van der Waals surface area contributed by atoms with E-state index in [1.165, 1.54) is 32.1 Å². The van der Waals surface area contributed by atoms with Gasteiger partial charge in [0, 0.05) is 25.1 Å². The second-order valence-corrected chi connectivity index (χ2v) is 7.66. The van der Waals surface area contributed by atoms with Crippen molar-refractivity contribution in [2.45, 2.75) is 69.7 Å². The van der Waals surface area contributed by atoms with E-state index in [9.17, 15) is 0 Å². The molecule has 1 saturated carbocycles. The summed E-state index contributed by atoms with van der Waals surface area (Å²) in [6.45, 7) is 3.37. The number of rotatable bonds is 3. The smallest absolute Gasteiger partial charge is 0.150 e. The summed E-state index contributed by atoms with van der Waals surface area (Å²) in [5.74, 6) is 1.58. The zero-order chi connectivity index (χ0) is 16.6. The highest BCUT2D eigenvalue weighted by Crippen LogP contribution is 2.33. The topological polar surface area (TPSA) is 69.2 Å². The van der Waals surface area contributed by atoms with E-state index in [1.807, 2.05) is 10.9 Å². The van der Waals surface area contributed by atoms with Crippen LogP contribution < -0.4 is 0 Å². The molecule has 134 valence electrons. The van der Waals surface area contributed by atoms with Crippen LogP contribution in [0.15, 0.2) is 16.8 Å². The Morgan fingerprint density at radius 1 is 1.16 bits per heavy atom. The molecule has 25 heavy (non-hydrogen) atoms. The fourth-order valence-electron chi connectivity index (χ4n) is 4.60. The Morgan fingerprint density at radius 3 is 3.00 bits per heavy atom. The van der Waals surface area contributed by atoms with Crippen LogP contribution in [0, 0.1) is 0 Å². The van der Waals surface area contributed by atoms with Crippen LogP contribution in [0.25, 0.3) is 0 Å². The fraction of sp³-hybridized carbons (Fsp3) is 0.722. The lowest BCUT2D eigenvalue weighted by atomic mass is 9.87. The van der Waals surface area contributed by atoms with E-state index in [1.54, 1.807) is 0 Å². The van der Waals surface area contributed by atoms with Gasteiger partial charge in [0.05, 0.1) is 42.9 Å². The predicted octanol–water partition coefficient (Wildman–Crippen LogP) is 2.66. The Morgan fingerprint density at radius 2 is 2.08 bits per heavy atom. The van der Waals surface area contributed by atoms with E-state index >= 15 is 0 Å². The first kappa shape index (κ1) is 15.5. The molecule has 2 fully saturated rings. The Labute approximate surface area is 147 Å². The van der Waals surface area contributed by atoms with Gasteiger partial charge in [-0.15, -0.1) is 5.10 Å². The number of nitrogens with zero attached hydrogens (tertiary/aromatic N) is 5. The van der Waals surface area contributed by atoms with Crippen molar-refractivity contribution in [3.8, 4) is 0 Å². The van der Waals surface area contributed by atoms with Gasteiger partial charge in [0.1, 0.15) is 0 Å². The Balaban J connectivity index is 1.26. The van der Waals surface area contributed by atoms with Gasteiger partial charge in [0.2, 0.25) is 0 Å². The third-order valence-corrected chi connectivity index (χ3v) is 5.99. The Bertz CT molecular complexity index is 721. The Kier molecular flexibility index (Phi) is 4.06. The zero-order valence-corrected chi connectivity index (χ0v) is 14.5. The quantitative estimate of drug-likeness (QED) is 0.853. The molecule has 2 aromatic rings.